The molecule has 0 amide bonds. The highest BCUT2D eigenvalue weighted by Gasteiger charge is 2.27. The molecule has 74 valence electrons. The van der Waals surface area contributed by atoms with E-state index in [1.54, 1.807) is 0 Å². The van der Waals surface area contributed by atoms with Crippen LogP contribution in [0.15, 0.2) is 0 Å². The van der Waals surface area contributed by atoms with Crippen molar-refractivity contribution in [2.45, 2.75) is 60.8 Å². The van der Waals surface area contributed by atoms with Crippen molar-refractivity contribution in [3.8, 4) is 0 Å². The van der Waals surface area contributed by atoms with Crippen molar-refractivity contribution < 1.29 is 0 Å². The van der Waals surface area contributed by atoms with Gasteiger partial charge in [0.1, 0.15) is 0 Å². The van der Waals surface area contributed by atoms with Gasteiger partial charge in [0.05, 0.1) is 0 Å². The molecule has 0 spiro atoms. The molecule has 2 atom stereocenters. The number of rotatable bonds is 5. The molecule has 0 saturated heterocycles. The lowest BCUT2D eigenvalue weighted by Gasteiger charge is -2.35. The van der Waals surface area contributed by atoms with Gasteiger partial charge in [-0.1, -0.05) is 54.4 Å². The fraction of sp³-hybridized carbons (Fsp3) is 1.00. The minimum absolute atomic E-state index is 0.532. The van der Waals surface area contributed by atoms with Gasteiger partial charge in [0, 0.05) is 0 Å². The zero-order valence-corrected chi connectivity index (χ0v) is 9.78. The van der Waals surface area contributed by atoms with E-state index >= 15 is 0 Å². The van der Waals surface area contributed by atoms with Crippen molar-refractivity contribution >= 4 is 0 Å². The first kappa shape index (κ1) is 12.0. The highest BCUT2D eigenvalue weighted by molar-refractivity contribution is 4.77. The van der Waals surface area contributed by atoms with E-state index in [4.69, 9.17) is 0 Å². The molecule has 0 rings (SSSR count). The van der Waals surface area contributed by atoms with Crippen molar-refractivity contribution in [3.63, 3.8) is 0 Å². The van der Waals surface area contributed by atoms with Crippen LogP contribution in [-0.2, 0) is 0 Å². The Bertz CT molecular complexity index is 113. The standard InChI is InChI=1S/C12H26/c1-7-9-12(5,6)11(4)10(3)8-2/h10-11H,7-9H2,1-6H3. The topological polar surface area (TPSA) is 0 Å². The average molecular weight is 170 g/mol. The van der Waals surface area contributed by atoms with Crippen molar-refractivity contribution in [3.05, 3.63) is 0 Å². The molecule has 0 nitrogen and oxygen atoms in total. The third-order valence-corrected chi connectivity index (χ3v) is 3.62. The predicted molar refractivity (Wildman–Crippen MR) is 57.3 cm³/mol. The van der Waals surface area contributed by atoms with E-state index in [1.807, 2.05) is 0 Å². The van der Waals surface area contributed by atoms with Crippen LogP contribution in [-0.4, -0.2) is 0 Å². The molecule has 12 heavy (non-hydrogen) atoms. The molecule has 0 N–H and O–H groups in total. The Morgan fingerprint density at radius 2 is 1.58 bits per heavy atom. The summed E-state index contributed by atoms with van der Waals surface area (Å²) < 4.78 is 0. The molecule has 0 aromatic carbocycles. The molecule has 0 heteroatoms. The molecule has 0 heterocycles. The van der Waals surface area contributed by atoms with Crippen LogP contribution in [0.25, 0.3) is 0 Å². The van der Waals surface area contributed by atoms with E-state index < -0.39 is 0 Å². The molecule has 0 aromatic heterocycles. The maximum absolute atomic E-state index is 2.41. The van der Waals surface area contributed by atoms with Gasteiger partial charge in [-0.2, -0.15) is 0 Å². The van der Waals surface area contributed by atoms with Crippen LogP contribution in [0.3, 0.4) is 0 Å². The van der Waals surface area contributed by atoms with E-state index in [0.29, 0.717) is 5.41 Å². The molecule has 0 aliphatic heterocycles. The highest BCUT2D eigenvalue weighted by atomic mass is 14.3. The molecule has 0 radical (unpaired) electrons. The molecule has 0 aliphatic carbocycles. The predicted octanol–water partition coefficient (Wildman–Crippen LogP) is 4.49. The lowest BCUT2D eigenvalue weighted by atomic mass is 9.70. The Morgan fingerprint density at radius 1 is 1.08 bits per heavy atom. The van der Waals surface area contributed by atoms with E-state index in [9.17, 15) is 0 Å². The fourth-order valence-corrected chi connectivity index (χ4v) is 2.00. The van der Waals surface area contributed by atoms with Gasteiger partial charge in [-0.25, -0.2) is 0 Å². The smallest absolute Gasteiger partial charge is 0.0326 e. The van der Waals surface area contributed by atoms with Crippen LogP contribution in [0.5, 0.6) is 0 Å². The zero-order chi connectivity index (χ0) is 9.78. The summed E-state index contributed by atoms with van der Waals surface area (Å²) >= 11 is 0. The number of hydrogen-bond acceptors (Lipinski definition) is 0. The molecule has 0 saturated carbocycles. The Labute approximate surface area is 78.8 Å². The van der Waals surface area contributed by atoms with E-state index in [2.05, 4.69) is 41.5 Å². The van der Waals surface area contributed by atoms with Gasteiger partial charge in [-0.15, -0.1) is 0 Å². The van der Waals surface area contributed by atoms with Crippen LogP contribution in [0.4, 0.5) is 0 Å². The molecular formula is C12H26. The summed E-state index contributed by atoms with van der Waals surface area (Å²) in [6.45, 7) is 14.2. The van der Waals surface area contributed by atoms with Crippen molar-refractivity contribution in [1.29, 1.82) is 0 Å². The Kier molecular flexibility index (Phi) is 4.89. The molecule has 2 unspecified atom stereocenters. The Balaban J connectivity index is 4.13. The number of hydrogen-bond donors (Lipinski definition) is 0. The van der Waals surface area contributed by atoms with E-state index in [0.717, 1.165) is 11.8 Å². The monoisotopic (exact) mass is 170 g/mol. The normalized spacial score (nSPS) is 17.5. The molecule has 0 aliphatic rings. The Hall–Kier alpha value is 0. The van der Waals surface area contributed by atoms with Crippen LogP contribution in [0.2, 0.25) is 0 Å². The summed E-state index contributed by atoms with van der Waals surface area (Å²) in [7, 11) is 0. The van der Waals surface area contributed by atoms with Gasteiger partial charge in [0.25, 0.3) is 0 Å². The van der Waals surface area contributed by atoms with Crippen LogP contribution in [0.1, 0.15) is 60.8 Å². The van der Waals surface area contributed by atoms with Gasteiger partial charge in [0.2, 0.25) is 0 Å². The Morgan fingerprint density at radius 3 is 1.92 bits per heavy atom. The van der Waals surface area contributed by atoms with E-state index in [-0.39, 0.29) is 0 Å². The fourth-order valence-electron chi connectivity index (χ4n) is 2.00. The molecule has 0 fully saturated rings. The third kappa shape index (κ3) is 3.16. The quantitative estimate of drug-likeness (QED) is 0.570. The third-order valence-electron chi connectivity index (χ3n) is 3.62. The maximum atomic E-state index is 2.41. The van der Waals surface area contributed by atoms with Crippen LogP contribution < -0.4 is 0 Å². The second kappa shape index (κ2) is 4.89. The first-order valence-corrected chi connectivity index (χ1v) is 5.45. The summed E-state index contributed by atoms with van der Waals surface area (Å²) in [6.07, 6.45) is 3.99. The van der Waals surface area contributed by atoms with Gasteiger partial charge < -0.3 is 0 Å². The van der Waals surface area contributed by atoms with Crippen molar-refractivity contribution in [2.24, 2.45) is 17.3 Å². The summed E-state index contributed by atoms with van der Waals surface area (Å²) in [5.74, 6) is 1.72. The highest BCUT2D eigenvalue weighted by Crippen LogP contribution is 2.37. The van der Waals surface area contributed by atoms with Crippen molar-refractivity contribution in [1.82, 2.24) is 0 Å². The van der Waals surface area contributed by atoms with E-state index in [1.165, 1.54) is 19.3 Å². The van der Waals surface area contributed by atoms with Crippen LogP contribution >= 0.6 is 0 Å². The van der Waals surface area contributed by atoms with Gasteiger partial charge in [-0.05, 0) is 23.7 Å². The molecule has 0 aromatic rings. The maximum Gasteiger partial charge on any atom is -0.0326 e. The molecule has 0 bridgehead atoms. The van der Waals surface area contributed by atoms with Gasteiger partial charge in [0.15, 0.2) is 0 Å². The summed E-state index contributed by atoms with van der Waals surface area (Å²) in [6, 6.07) is 0. The van der Waals surface area contributed by atoms with Gasteiger partial charge >= 0.3 is 0 Å². The second-order valence-corrected chi connectivity index (χ2v) is 4.91. The lowest BCUT2D eigenvalue weighted by molar-refractivity contribution is 0.148. The molecular weight excluding hydrogens is 144 g/mol. The van der Waals surface area contributed by atoms with Crippen LogP contribution in [0, 0.1) is 17.3 Å². The zero-order valence-electron chi connectivity index (χ0n) is 9.78. The second-order valence-electron chi connectivity index (χ2n) is 4.91. The minimum atomic E-state index is 0.532. The largest absolute Gasteiger partial charge is 0.0654 e. The summed E-state index contributed by atoms with van der Waals surface area (Å²) in [5.41, 5.74) is 0.532. The average Bonchev–Trinajstić information content (AvgIpc) is 2.01. The lowest BCUT2D eigenvalue weighted by Crippen LogP contribution is -2.26. The first-order valence-electron chi connectivity index (χ1n) is 5.45. The SMILES string of the molecule is CCCC(C)(C)C(C)C(C)CC. The van der Waals surface area contributed by atoms with Gasteiger partial charge in [-0.3, -0.25) is 0 Å². The van der Waals surface area contributed by atoms with Crippen molar-refractivity contribution in [2.75, 3.05) is 0 Å². The first-order chi connectivity index (χ1) is 5.45. The summed E-state index contributed by atoms with van der Waals surface area (Å²) in [5, 5.41) is 0. The summed E-state index contributed by atoms with van der Waals surface area (Å²) in [4.78, 5) is 0. The minimum Gasteiger partial charge on any atom is -0.0654 e.